The van der Waals surface area contributed by atoms with E-state index < -0.39 is 0 Å². The first-order valence-corrected chi connectivity index (χ1v) is 5.05. The highest BCUT2D eigenvalue weighted by Gasteiger charge is 2.17. The fourth-order valence-corrected chi connectivity index (χ4v) is 1.50. The number of benzene rings is 1. The van der Waals surface area contributed by atoms with Gasteiger partial charge in [0.25, 0.3) is 0 Å². The predicted molar refractivity (Wildman–Crippen MR) is 58.6 cm³/mol. The van der Waals surface area contributed by atoms with Crippen LogP contribution in [0.5, 0.6) is 0 Å². The number of hydrogen-bond donors (Lipinski definition) is 1. The van der Waals surface area contributed by atoms with Crippen molar-refractivity contribution in [3.63, 3.8) is 0 Å². The van der Waals surface area contributed by atoms with Crippen LogP contribution < -0.4 is 5.73 Å². The number of ketones is 1. The molecule has 2 nitrogen and oxygen atoms in total. The Bertz CT molecular complexity index is 318. The zero-order chi connectivity index (χ0) is 10.0. The molecular weight excluding hydrogens is 253 g/mol. The lowest BCUT2D eigenvalue weighted by molar-refractivity contribution is 0.0997. The van der Waals surface area contributed by atoms with Crippen LogP contribution in [0.25, 0.3) is 0 Å². The monoisotopic (exact) mass is 261 g/mol. The lowest BCUT2D eigenvalue weighted by Crippen LogP contribution is -2.12. The van der Waals surface area contributed by atoms with Crippen LogP contribution in [0.15, 0.2) is 18.2 Å². The van der Waals surface area contributed by atoms with Crippen LogP contribution in [0.3, 0.4) is 0 Å². The van der Waals surface area contributed by atoms with E-state index in [0.717, 1.165) is 0 Å². The summed E-state index contributed by atoms with van der Waals surface area (Å²) in [5.74, 6) is -0.0944. The molecule has 1 atom stereocenters. The quantitative estimate of drug-likeness (QED) is 0.506. The third-order valence-electron chi connectivity index (χ3n) is 1.65. The maximum atomic E-state index is 11.6. The third-order valence-corrected chi connectivity index (χ3v) is 2.38. The molecule has 1 aromatic carbocycles. The van der Waals surface area contributed by atoms with Gasteiger partial charge in [-0.15, -0.1) is 0 Å². The summed E-state index contributed by atoms with van der Waals surface area (Å²) in [4.78, 5) is 11.3. The molecule has 0 aliphatic rings. The molecule has 0 fully saturated rings. The third kappa shape index (κ3) is 2.23. The second-order valence-electron chi connectivity index (χ2n) is 2.68. The zero-order valence-electron chi connectivity index (χ0n) is 7.05. The van der Waals surface area contributed by atoms with Gasteiger partial charge in [-0.1, -0.05) is 33.6 Å². The van der Waals surface area contributed by atoms with Crippen LogP contribution in [-0.4, -0.2) is 10.6 Å². The Labute approximate surface area is 90.2 Å². The molecule has 0 spiro atoms. The minimum absolute atomic E-state index is 0.0944. The van der Waals surface area contributed by atoms with Gasteiger partial charge in [-0.05, 0) is 19.1 Å². The van der Waals surface area contributed by atoms with E-state index in [-0.39, 0.29) is 10.6 Å². The number of rotatable bonds is 2. The van der Waals surface area contributed by atoms with Crippen LogP contribution in [0, 0.1) is 0 Å². The van der Waals surface area contributed by atoms with Crippen molar-refractivity contribution in [3.05, 3.63) is 28.8 Å². The molecule has 0 amide bonds. The Balaban J connectivity index is 3.20. The van der Waals surface area contributed by atoms with E-state index >= 15 is 0 Å². The maximum Gasteiger partial charge on any atom is 0.179 e. The molecule has 0 saturated carbocycles. The van der Waals surface area contributed by atoms with E-state index in [4.69, 9.17) is 17.3 Å². The highest BCUT2D eigenvalue weighted by atomic mass is 79.9. The molecule has 0 radical (unpaired) electrons. The Morgan fingerprint density at radius 2 is 2.23 bits per heavy atom. The fourth-order valence-electron chi connectivity index (χ4n) is 1.000. The Kier molecular flexibility index (Phi) is 3.33. The van der Waals surface area contributed by atoms with Crippen LogP contribution in [0.1, 0.15) is 17.3 Å². The van der Waals surface area contributed by atoms with Crippen molar-refractivity contribution >= 4 is 39.0 Å². The summed E-state index contributed by atoms with van der Waals surface area (Å²) in [6, 6.07) is 5.03. The number of alkyl halides is 1. The maximum absolute atomic E-state index is 11.6. The molecule has 0 bridgehead atoms. The molecule has 4 heteroatoms. The summed E-state index contributed by atoms with van der Waals surface area (Å²) in [6.45, 7) is 1.74. The summed E-state index contributed by atoms with van der Waals surface area (Å²) < 4.78 is 0. The van der Waals surface area contributed by atoms with Crippen molar-refractivity contribution in [2.45, 2.75) is 11.8 Å². The molecule has 0 aliphatic heterocycles. The average molecular weight is 263 g/mol. The predicted octanol–water partition coefficient (Wildman–Crippen LogP) is 2.89. The second kappa shape index (κ2) is 4.11. The first-order valence-electron chi connectivity index (χ1n) is 3.76. The van der Waals surface area contributed by atoms with Crippen molar-refractivity contribution < 1.29 is 4.79 Å². The van der Waals surface area contributed by atoms with Crippen molar-refractivity contribution in [3.8, 4) is 0 Å². The normalized spacial score (nSPS) is 12.5. The van der Waals surface area contributed by atoms with Gasteiger partial charge >= 0.3 is 0 Å². The van der Waals surface area contributed by atoms with E-state index in [2.05, 4.69) is 15.9 Å². The topological polar surface area (TPSA) is 43.1 Å². The zero-order valence-corrected chi connectivity index (χ0v) is 9.39. The number of hydrogen-bond acceptors (Lipinski definition) is 2. The van der Waals surface area contributed by atoms with E-state index in [1.807, 2.05) is 0 Å². The number of anilines is 1. The van der Waals surface area contributed by atoms with Gasteiger partial charge in [-0.25, -0.2) is 0 Å². The Hall–Kier alpha value is -0.540. The SMILES string of the molecule is CC(Br)C(=O)c1c(N)cccc1Cl. The Morgan fingerprint density at radius 1 is 1.62 bits per heavy atom. The van der Waals surface area contributed by atoms with Gasteiger partial charge in [0.15, 0.2) is 5.78 Å². The second-order valence-corrected chi connectivity index (χ2v) is 4.47. The molecule has 0 heterocycles. The molecule has 1 aromatic rings. The standard InChI is InChI=1S/C9H9BrClNO/c1-5(10)9(13)8-6(11)3-2-4-7(8)12/h2-5H,12H2,1H3. The van der Waals surface area contributed by atoms with Crippen LogP contribution in [0.4, 0.5) is 5.69 Å². The molecule has 2 N–H and O–H groups in total. The van der Waals surface area contributed by atoms with Gasteiger partial charge in [0, 0.05) is 5.69 Å². The van der Waals surface area contributed by atoms with Crippen LogP contribution >= 0.6 is 27.5 Å². The van der Waals surface area contributed by atoms with Crippen LogP contribution in [0.2, 0.25) is 5.02 Å². The minimum atomic E-state index is -0.269. The van der Waals surface area contributed by atoms with E-state index in [1.165, 1.54) is 0 Å². The van der Waals surface area contributed by atoms with Crippen molar-refractivity contribution in [1.29, 1.82) is 0 Å². The molecular formula is C9H9BrClNO. The molecule has 0 aromatic heterocycles. The number of Topliss-reactive ketones (excluding diaryl/α,β-unsaturated/α-hetero) is 1. The van der Waals surface area contributed by atoms with Gasteiger partial charge in [0.1, 0.15) is 0 Å². The lowest BCUT2D eigenvalue weighted by Gasteiger charge is -2.07. The summed E-state index contributed by atoms with van der Waals surface area (Å²) in [5, 5.41) is 0.399. The van der Waals surface area contributed by atoms with Gasteiger partial charge in [0.05, 0.1) is 15.4 Å². The van der Waals surface area contributed by atoms with E-state index in [0.29, 0.717) is 16.3 Å². The number of nitrogen functional groups attached to an aromatic ring is 1. The molecule has 0 aliphatic carbocycles. The fraction of sp³-hybridized carbons (Fsp3) is 0.222. The van der Waals surface area contributed by atoms with Crippen molar-refractivity contribution in [1.82, 2.24) is 0 Å². The highest BCUT2D eigenvalue weighted by Crippen LogP contribution is 2.24. The molecule has 0 saturated heterocycles. The number of carbonyl (C=O) groups is 1. The average Bonchev–Trinajstić information content (AvgIpc) is 2.03. The van der Waals surface area contributed by atoms with Gasteiger partial charge < -0.3 is 5.73 Å². The Morgan fingerprint density at radius 3 is 2.69 bits per heavy atom. The smallest absolute Gasteiger partial charge is 0.179 e. The molecule has 1 rings (SSSR count). The van der Waals surface area contributed by atoms with E-state index in [1.54, 1.807) is 25.1 Å². The molecule has 1 unspecified atom stereocenters. The summed E-state index contributed by atoms with van der Waals surface area (Å²) in [5.41, 5.74) is 6.45. The van der Waals surface area contributed by atoms with Crippen LogP contribution in [-0.2, 0) is 0 Å². The largest absolute Gasteiger partial charge is 0.398 e. The number of nitrogens with two attached hydrogens (primary N) is 1. The summed E-state index contributed by atoms with van der Waals surface area (Å²) >= 11 is 9.03. The van der Waals surface area contributed by atoms with Gasteiger partial charge in [-0.2, -0.15) is 0 Å². The van der Waals surface area contributed by atoms with Crippen molar-refractivity contribution in [2.24, 2.45) is 0 Å². The van der Waals surface area contributed by atoms with E-state index in [9.17, 15) is 4.79 Å². The number of carbonyl (C=O) groups excluding carboxylic acids is 1. The summed E-state index contributed by atoms with van der Waals surface area (Å²) in [7, 11) is 0. The number of halogens is 2. The minimum Gasteiger partial charge on any atom is -0.398 e. The van der Waals surface area contributed by atoms with Crippen molar-refractivity contribution in [2.75, 3.05) is 5.73 Å². The molecule has 13 heavy (non-hydrogen) atoms. The van der Waals surface area contributed by atoms with Gasteiger partial charge in [0.2, 0.25) is 0 Å². The highest BCUT2D eigenvalue weighted by molar-refractivity contribution is 9.10. The first kappa shape index (κ1) is 10.5. The lowest BCUT2D eigenvalue weighted by atomic mass is 10.1. The molecule has 70 valence electrons. The first-order chi connectivity index (χ1) is 6.04. The summed E-state index contributed by atoms with van der Waals surface area (Å²) in [6.07, 6.45) is 0. The van der Waals surface area contributed by atoms with Gasteiger partial charge in [-0.3, -0.25) is 4.79 Å².